The number of ketones is 1. The van der Waals surface area contributed by atoms with Crippen molar-refractivity contribution in [3.8, 4) is 17.2 Å². The predicted molar refractivity (Wildman–Crippen MR) is 92.6 cm³/mol. The van der Waals surface area contributed by atoms with E-state index in [1.165, 1.54) is 32.4 Å². The number of benzene rings is 2. The summed E-state index contributed by atoms with van der Waals surface area (Å²) < 4.78 is 15.2. The van der Waals surface area contributed by atoms with Crippen LogP contribution in [-0.2, 0) is 0 Å². The molecule has 0 spiro atoms. The molecule has 0 unspecified atom stereocenters. The van der Waals surface area contributed by atoms with Crippen molar-refractivity contribution < 1.29 is 23.9 Å². The number of nitro benzene ring substituents is 1. The van der Waals surface area contributed by atoms with Gasteiger partial charge >= 0.3 is 0 Å². The van der Waals surface area contributed by atoms with Crippen molar-refractivity contribution in [2.45, 2.75) is 0 Å². The van der Waals surface area contributed by atoms with Gasteiger partial charge in [0.1, 0.15) is 11.3 Å². The van der Waals surface area contributed by atoms with Crippen molar-refractivity contribution in [1.29, 1.82) is 0 Å². The summed E-state index contributed by atoms with van der Waals surface area (Å²) >= 11 is 0. The molecule has 130 valence electrons. The number of allylic oxidation sites excluding steroid dienone is 1. The summed E-state index contributed by atoms with van der Waals surface area (Å²) in [4.78, 5) is 23.1. The standard InChI is InChI=1S/C18H17NO6/c1-23-13-7-4-12(5-8-13)6-9-16(20)14-10-17(24-2)18(25-3)11-15(14)19(21)22/h4-11H,1-3H3/b9-6+. The lowest BCUT2D eigenvalue weighted by Crippen LogP contribution is -2.03. The monoisotopic (exact) mass is 343 g/mol. The number of carbonyl (C=O) groups excluding carboxylic acids is 1. The first-order valence-corrected chi connectivity index (χ1v) is 7.27. The summed E-state index contributed by atoms with van der Waals surface area (Å²) in [7, 11) is 4.32. The van der Waals surface area contributed by atoms with Crippen LogP contribution < -0.4 is 14.2 Å². The molecule has 2 rings (SSSR count). The van der Waals surface area contributed by atoms with Crippen molar-refractivity contribution in [1.82, 2.24) is 0 Å². The van der Waals surface area contributed by atoms with E-state index in [0.717, 1.165) is 5.56 Å². The van der Waals surface area contributed by atoms with Gasteiger partial charge in [-0.3, -0.25) is 14.9 Å². The Labute approximate surface area is 144 Å². The second kappa shape index (κ2) is 7.96. The molecule has 0 heterocycles. The second-order valence-electron chi connectivity index (χ2n) is 4.95. The van der Waals surface area contributed by atoms with Crippen LogP contribution in [0.2, 0.25) is 0 Å². The van der Waals surface area contributed by atoms with Crippen molar-refractivity contribution in [3.05, 3.63) is 63.7 Å². The Balaban J connectivity index is 2.36. The molecule has 0 saturated heterocycles. The van der Waals surface area contributed by atoms with E-state index >= 15 is 0 Å². The van der Waals surface area contributed by atoms with Crippen LogP contribution in [0.15, 0.2) is 42.5 Å². The van der Waals surface area contributed by atoms with E-state index in [1.54, 1.807) is 37.5 Å². The fraction of sp³-hybridized carbons (Fsp3) is 0.167. The summed E-state index contributed by atoms with van der Waals surface area (Å²) in [5, 5.41) is 11.3. The van der Waals surface area contributed by atoms with Crippen LogP contribution in [0.1, 0.15) is 15.9 Å². The maximum Gasteiger partial charge on any atom is 0.284 e. The highest BCUT2D eigenvalue weighted by Crippen LogP contribution is 2.34. The first kappa shape index (κ1) is 18.0. The van der Waals surface area contributed by atoms with Gasteiger partial charge in [0.15, 0.2) is 17.3 Å². The van der Waals surface area contributed by atoms with Crippen molar-refractivity contribution in [2.24, 2.45) is 0 Å². The Hall–Kier alpha value is -3.35. The van der Waals surface area contributed by atoms with Gasteiger partial charge in [-0.15, -0.1) is 0 Å². The molecule has 7 nitrogen and oxygen atoms in total. The average molecular weight is 343 g/mol. The summed E-state index contributed by atoms with van der Waals surface area (Å²) in [5.74, 6) is 0.613. The van der Waals surface area contributed by atoms with Crippen LogP contribution in [-0.4, -0.2) is 32.0 Å². The van der Waals surface area contributed by atoms with E-state index in [9.17, 15) is 14.9 Å². The molecule has 0 saturated carbocycles. The lowest BCUT2D eigenvalue weighted by molar-refractivity contribution is -0.385. The molecule has 0 aliphatic carbocycles. The fourth-order valence-electron chi connectivity index (χ4n) is 2.19. The van der Waals surface area contributed by atoms with Gasteiger partial charge in [0.05, 0.1) is 32.3 Å². The van der Waals surface area contributed by atoms with Crippen LogP contribution >= 0.6 is 0 Å². The van der Waals surface area contributed by atoms with Gasteiger partial charge in [-0.25, -0.2) is 0 Å². The molecule has 7 heteroatoms. The lowest BCUT2D eigenvalue weighted by atomic mass is 10.1. The maximum atomic E-state index is 12.4. The number of hydrogen-bond donors (Lipinski definition) is 0. The predicted octanol–water partition coefficient (Wildman–Crippen LogP) is 3.52. The van der Waals surface area contributed by atoms with Crippen LogP contribution in [0.4, 0.5) is 5.69 Å². The van der Waals surface area contributed by atoms with Gasteiger partial charge in [-0.05, 0) is 23.8 Å². The number of carbonyl (C=O) groups is 1. The van der Waals surface area contributed by atoms with Crippen LogP contribution in [0.5, 0.6) is 17.2 Å². The molecule has 0 fully saturated rings. The third-order valence-electron chi connectivity index (χ3n) is 3.51. The molecule has 0 N–H and O–H groups in total. The second-order valence-corrected chi connectivity index (χ2v) is 4.95. The summed E-state index contributed by atoms with van der Waals surface area (Å²) in [6.07, 6.45) is 2.85. The third-order valence-corrected chi connectivity index (χ3v) is 3.51. The highest BCUT2D eigenvalue weighted by Gasteiger charge is 2.23. The number of nitro groups is 1. The molecule has 0 aliphatic rings. The van der Waals surface area contributed by atoms with E-state index in [4.69, 9.17) is 14.2 Å². The minimum Gasteiger partial charge on any atom is -0.497 e. The van der Waals surface area contributed by atoms with E-state index in [0.29, 0.717) is 5.75 Å². The quantitative estimate of drug-likeness (QED) is 0.331. The smallest absolute Gasteiger partial charge is 0.284 e. The summed E-state index contributed by atoms with van der Waals surface area (Å²) in [6.45, 7) is 0. The average Bonchev–Trinajstić information content (AvgIpc) is 2.65. The number of hydrogen-bond acceptors (Lipinski definition) is 6. The van der Waals surface area contributed by atoms with Gasteiger partial charge in [0.25, 0.3) is 5.69 Å². The van der Waals surface area contributed by atoms with E-state index in [1.807, 2.05) is 0 Å². The van der Waals surface area contributed by atoms with Crippen LogP contribution in [0.3, 0.4) is 0 Å². The lowest BCUT2D eigenvalue weighted by Gasteiger charge is -2.09. The van der Waals surface area contributed by atoms with Crippen molar-refractivity contribution in [2.75, 3.05) is 21.3 Å². The largest absolute Gasteiger partial charge is 0.497 e. The third kappa shape index (κ3) is 4.14. The van der Waals surface area contributed by atoms with Gasteiger partial charge in [-0.1, -0.05) is 18.2 Å². The molecular formula is C18H17NO6. The zero-order valence-corrected chi connectivity index (χ0v) is 14.0. The molecule has 2 aromatic rings. The highest BCUT2D eigenvalue weighted by atomic mass is 16.6. The van der Waals surface area contributed by atoms with Crippen LogP contribution in [0, 0.1) is 10.1 Å². The van der Waals surface area contributed by atoms with E-state index in [-0.39, 0.29) is 22.7 Å². The van der Waals surface area contributed by atoms with Crippen LogP contribution in [0.25, 0.3) is 6.08 Å². The molecule has 0 amide bonds. The molecule has 2 aromatic carbocycles. The molecule has 0 radical (unpaired) electrons. The Kier molecular flexibility index (Phi) is 5.73. The first-order chi connectivity index (χ1) is 12.0. The summed E-state index contributed by atoms with van der Waals surface area (Å²) in [6, 6.07) is 9.52. The van der Waals surface area contributed by atoms with Gasteiger partial charge in [-0.2, -0.15) is 0 Å². The minimum atomic E-state index is -0.629. The number of ether oxygens (including phenoxy) is 3. The Morgan fingerprint density at radius 2 is 1.60 bits per heavy atom. The van der Waals surface area contributed by atoms with E-state index < -0.39 is 10.7 Å². The topological polar surface area (TPSA) is 87.9 Å². The minimum absolute atomic E-state index is 0.0765. The Morgan fingerprint density at radius 3 is 2.12 bits per heavy atom. The van der Waals surface area contributed by atoms with Gasteiger partial charge in [0, 0.05) is 6.07 Å². The Morgan fingerprint density at radius 1 is 1.00 bits per heavy atom. The van der Waals surface area contributed by atoms with Crippen molar-refractivity contribution in [3.63, 3.8) is 0 Å². The van der Waals surface area contributed by atoms with Crippen molar-refractivity contribution >= 4 is 17.5 Å². The zero-order chi connectivity index (χ0) is 18.4. The van der Waals surface area contributed by atoms with Gasteiger partial charge in [0.2, 0.25) is 0 Å². The number of rotatable bonds is 7. The normalized spacial score (nSPS) is 10.5. The maximum absolute atomic E-state index is 12.4. The molecule has 0 aliphatic heterocycles. The number of nitrogens with zero attached hydrogens (tertiary/aromatic N) is 1. The zero-order valence-electron chi connectivity index (χ0n) is 14.0. The fourth-order valence-corrected chi connectivity index (χ4v) is 2.19. The van der Waals surface area contributed by atoms with Gasteiger partial charge < -0.3 is 14.2 Å². The van der Waals surface area contributed by atoms with E-state index in [2.05, 4.69) is 0 Å². The number of methoxy groups -OCH3 is 3. The SMILES string of the molecule is COc1ccc(/C=C/C(=O)c2cc(OC)c(OC)cc2[N+](=O)[O-])cc1. The molecule has 25 heavy (non-hydrogen) atoms. The Bertz CT molecular complexity index is 811. The molecular weight excluding hydrogens is 326 g/mol. The molecule has 0 aromatic heterocycles. The molecule has 0 bridgehead atoms. The summed E-state index contributed by atoms with van der Waals surface area (Å²) in [5.41, 5.74) is 0.340. The highest BCUT2D eigenvalue weighted by molar-refractivity contribution is 6.10. The first-order valence-electron chi connectivity index (χ1n) is 7.27. The molecule has 0 atom stereocenters.